The van der Waals surface area contributed by atoms with Gasteiger partial charge in [0.15, 0.2) is 0 Å². The van der Waals surface area contributed by atoms with Crippen LogP contribution in [0.25, 0.3) is 11.0 Å². The molecule has 0 bridgehead atoms. The fraction of sp³-hybridized carbons (Fsp3) is 0. The highest BCUT2D eigenvalue weighted by atomic mass is 16.2. The van der Waals surface area contributed by atoms with Gasteiger partial charge in [0, 0.05) is 23.8 Å². The van der Waals surface area contributed by atoms with Crippen molar-refractivity contribution in [2.45, 2.75) is 0 Å². The highest BCUT2D eigenvalue weighted by molar-refractivity contribution is 5.87. The van der Waals surface area contributed by atoms with E-state index in [1.165, 1.54) is 10.8 Å². The number of fused-ring (bicyclic) bond motifs is 1. The number of carbonyl (C=O) groups is 1. The smallest absolute Gasteiger partial charge is 0.324 e. The van der Waals surface area contributed by atoms with E-state index in [0.29, 0.717) is 5.65 Å². The Morgan fingerprint density at radius 2 is 2.50 bits per heavy atom. The van der Waals surface area contributed by atoms with Crippen molar-refractivity contribution in [2.24, 2.45) is 5.73 Å². The summed E-state index contributed by atoms with van der Waals surface area (Å²) in [5, 5.41) is 0.788. The van der Waals surface area contributed by atoms with Crippen LogP contribution in [0.15, 0.2) is 24.5 Å². The molecule has 4 nitrogen and oxygen atoms in total. The minimum atomic E-state index is -0.542. The molecule has 59 valence electrons. The third kappa shape index (κ3) is 0.852. The molecule has 0 fully saturated rings. The third-order valence-electron chi connectivity index (χ3n) is 1.60. The van der Waals surface area contributed by atoms with Crippen molar-refractivity contribution in [1.29, 1.82) is 0 Å². The number of aromatic nitrogens is 2. The molecule has 1 radical (unpaired) electrons. The second-order valence-corrected chi connectivity index (χ2v) is 2.36. The summed E-state index contributed by atoms with van der Waals surface area (Å²) in [5.41, 5.74) is 5.63. The standard InChI is InChI=1S/C8H6N3O/c9-8(12)11-5-3-6-2-1-4-10-7(6)11/h1-2,4-5H,(H2,9,12). The molecule has 0 aromatic carbocycles. The molecule has 2 heterocycles. The van der Waals surface area contributed by atoms with Crippen LogP contribution in [0.1, 0.15) is 0 Å². The second kappa shape index (κ2) is 2.34. The van der Waals surface area contributed by atoms with Crippen molar-refractivity contribution < 1.29 is 4.79 Å². The first-order chi connectivity index (χ1) is 5.79. The van der Waals surface area contributed by atoms with E-state index < -0.39 is 6.03 Å². The predicted molar refractivity (Wildman–Crippen MR) is 43.6 cm³/mol. The van der Waals surface area contributed by atoms with Crippen LogP contribution in [-0.4, -0.2) is 15.6 Å². The van der Waals surface area contributed by atoms with Crippen molar-refractivity contribution >= 4 is 17.1 Å². The third-order valence-corrected chi connectivity index (χ3v) is 1.60. The van der Waals surface area contributed by atoms with E-state index >= 15 is 0 Å². The van der Waals surface area contributed by atoms with Crippen LogP contribution < -0.4 is 5.73 Å². The van der Waals surface area contributed by atoms with Gasteiger partial charge in [-0.1, -0.05) is 0 Å². The van der Waals surface area contributed by atoms with Gasteiger partial charge in [-0.3, -0.25) is 4.57 Å². The van der Waals surface area contributed by atoms with Gasteiger partial charge in [0.05, 0.1) is 0 Å². The lowest BCUT2D eigenvalue weighted by atomic mass is 10.3. The van der Waals surface area contributed by atoms with Crippen LogP contribution in [0.2, 0.25) is 0 Å². The second-order valence-electron chi connectivity index (χ2n) is 2.36. The van der Waals surface area contributed by atoms with Crippen LogP contribution >= 0.6 is 0 Å². The average molecular weight is 160 g/mol. The van der Waals surface area contributed by atoms with Crippen molar-refractivity contribution in [3.05, 3.63) is 30.6 Å². The highest BCUT2D eigenvalue weighted by Gasteiger charge is 2.04. The number of primary amides is 1. The van der Waals surface area contributed by atoms with Crippen molar-refractivity contribution in [3.63, 3.8) is 0 Å². The van der Waals surface area contributed by atoms with Crippen LogP contribution in [-0.2, 0) is 0 Å². The Balaban J connectivity index is 2.79. The fourth-order valence-electron chi connectivity index (χ4n) is 1.06. The molecule has 4 heteroatoms. The lowest BCUT2D eigenvalue weighted by molar-refractivity contribution is 0.251. The van der Waals surface area contributed by atoms with E-state index in [2.05, 4.69) is 11.1 Å². The summed E-state index contributed by atoms with van der Waals surface area (Å²) in [4.78, 5) is 14.8. The maximum Gasteiger partial charge on any atom is 0.324 e. The molecule has 2 rings (SSSR count). The van der Waals surface area contributed by atoms with Crippen molar-refractivity contribution in [1.82, 2.24) is 9.55 Å². The molecule has 2 aromatic heterocycles. The first kappa shape index (κ1) is 6.84. The Labute approximate surface area is 68.6 Å². The molecule has 0 atom stereocenters. The van der Waals surface area contributed by atoms with Crippen LogP contribution in [0, 0.1) is 6.07 Å². The Bertz CT molecular complexity index is 433. The average Bonchev–Trinajstić information content (AvgIpc) is 2.47. The number of hydrogen-bond acceptors (Lipinski definition) is 2. The molecule has 0 aliphatic rings. The zero-order valence-electron chi connectivity index (χ0n) is 6.19. The number of amides is 1. The summed E-state index contributed by atoms with van der Waals surface area (Å²) in [6, 6.07) is 5.93. The number of hydrogen-bond donors (Lipinski definition) is 1. The molecule has 0 unspecified atom stereocenters. The van der Waals surface area contributed by atoms with Gasteiger partial charge in [0.2, 0.25) is 0 Å². The van der Waals surface area contributed by atoms with E-state index in [1.54, 1.807) is 12.3 Å². The summed E-state index contributed by atoms with van der Waals surface area (Å²) in [6.07, 6.45) is 3.09. The van der Waals surface area contributed by atoms with Gasteiger partial charge < -0.3 is 5.73 Å². The first-order valence-electron chi connectivity index (χ1n) is 3.42. The topological polar surface area (TPSA) is 60.9 Å². The summed E-state index contributed by atoms with van der Waals surface area (Å²) in [5.74, 6) is 0. The largest absolute Gasteiger partial charge is 0.351 e. The van der Waals surface area contributed by atoms with Crippen LogP contribution in [0.4, 0.5) is 4.79 Å². The zero-order chi connectivity index (χ0) is 8.55. The molecule has 2 aromatic rings. The number of nitrogens with zero attached hydrogens (tertiary/aromatic N) is 2. The Hall–Kier alpha value is -1.84. The molecular formula is C8H6N3O. The van der Waals surface area contributed by atoms with E-state index in [1.807, 2.05) is 6.07 Å². The van der Waals surface area contributed by atoms with Gasteiger partial charge >= 0.3 is 6.03 Å². The number of nitrogens with two attached hydrogens (primary N) is 1. The lowest BCUT2D eigenvalue weighted by Crippen LogP contribution is -2.18. The normalized spacial score (nSPS) is 10.3. The van der Waals surface area contributed by atoms with Crippen LogP contribution in [0.5, 0.6) is 0 Å². The van der Waals surface area contributed by atoms with E-state index in [0.717, 1.165) is 5.39 Å². The first-order valence-corrected chi connectivity index (χ1v) is 3.42. The Morgan fingerprint density at radius 3 is 3.25 bits per heavy atom. The number of rotatable bonds is 0. The van der Waals surface area contributed by atoms with Crippen molar-refractivity contribution in [3.8, 4) is 0 Å². The Morgan fingerprint density at radius 1 is 1.67 bits per heavy atom. The van der Waals surface area contributed by atoms with Gasteiger partial charge in [-0.05, 0) is 12.1 Å². The quantitative estimate of drug-likeness (QED) is 0.618. The lowest BCUT2D eigenvalue weighted by Gasteiger charge is -1.95. The highest BCUT2D eigenvalue weighted by Crippen LogP contribution is 2.09. The predicted octanol–water partition coefficient (Wildman–Crippen LogP) is 0.763. The monoisotopic (exact) mass is 160 g/mol. The fourth-order valence-corrected chi connectivity index (χ4v) is 1.06. The van der Waals surface area contributed by atoms with Gasteiger partial charge in [0.25, 0.3) is 0 Å². The summed E-state index contributed by atoms with van der Waals surface area (Å²) >= 11 is 0. The summed E-state index contributed by atoms with van der Waals surface area (Å²) in [6.45, 7) is 0. The molecule has 0 aliphatic heterocycles. The molecule has 0 saturated carbocycles. The number of pyridine rings is 1. The molecule has 12 heavy (non-hydrogen) atoms. The molecular weight excluding hydrogens is 154 g/mol. The SMILES string of the molecule is NC(=O)n1c[c]c2cccnc21. The van der Waals surface area contributed by atoms with Gasteiger partial charge in [0.1, 0.15) is 5.65 Å². The van der Waals surface area contributed by atoms with E-state index in [4.69, 9.17) is 5.73 Å². The maximum atomic E-state index is 10.8. The van der Waals surface area contributed by atoms with Crippen LogP contribution in [0.3, 0.4) is 0 Å². The van der Waals surface area contributed by atoms with E-state index in [-0.39, 0.29) is 0 Å². The van der Waals surface area contributed by atoms with Gasteiger partial charge in [-0.15, -0.1) is 0 Å². The summed E-state index contributed by atoms with van der Waals surface area (Å²) in [7, 11) is 0. The zero-order valence-corrected chi connectivity index (χ0v) is 6.19. The minimum Gasteiger partial charge on any atom is -0.351 e. The number of carbonyl (C=O) groups excluding carboxylic acids is 1. The maximum absolute atomic E-state index is 10.8. The molecule has 0 spiro atoms. The Kier molecular flexibility index (Phi) is 1.33. The molecule has 2 N–H and O–H groups in total. The van der Waals surface area contributed by atoms with Gasteiger partial charge in [-0.25, -0.2) is 9.78 Å². The van der Waals surface area contributed by atoms with Gasteiger partial charge in [-0.2, -0.15) is 0 Å². The molecule has 1 amide bonds. The molecule has 0 aliphatic carbocycles. The minimum absolute atomic E-state index is 0.542. The molecule has 0 saturated heterocycles. The summed E-state index contributed by atoms with van der Waals surface area (Å²) < 4.78 is 1.26. The van der Waals surface area contributed by atoms with E-state index in [9.17, 15) is 4.79 Å². The van der Waals surface area contributed by atoms with Crippen molar-refractivity contribution in [2.75, 3.05) is 0 Å².